The Bertz CT molecular complexity index is 436. The number of hydrogen-bond acceptors (Lipinski definition) is 3. The van der Waals surface area contributed by atoms with Gasteiger partial charge in [0.1, 0.15) is 12.4 Å². The highest BCUT2D eigenvalue weighted by molar-refractivity contribution is 6.30. The molecule has 2 atom stereocenters. The van der Waals surface area contributed by atoms with Crippen LogP contribution < -0.4 is 15.4 Å². The summed E-state index contributed by atoms with van der Waals surface area (Å²) in [5, 5.41) is 6.97. The molecule has 0 aliphatic carbocycles. The van der Waals surface area contributed by atoms with Crippen LogP contribution in [0.4, 0.5) is 0 Å². The fourth-order valence-corrected chi connectivity index (χ4v) is 2.51. The summed E-state index contributed by atoms with van der Waals surface area (Å²) in [7, 11) is 0. The number of halogens is 1. The number of rotatable bonds is 5. The minimum atomic E-state index is 0.127. The number of benzene rings is 1. The Labute approximate surface area is 124 Å². The first-order valence-corrected chi connectivity index (χ1v) is 7.42. The fraction of sp³-hybridized carbons (Fsp3) is 0.533. The summed E-state index contributed by atoms with van der Waals surface area (Å²) in [5.74, 6) is 1.03. The molecule has 20 heavy (non-hydrogen) atoms. The maximum atomic E-state index is 12.0. The summed E-state index contributed by atoms with van der Waals surface area (Å²) in [4.78, 5) is 12.0. The molecule has 0 radical (unpaired) electrons. The van der Waals surface area contributed by atoms with Gasteiger partial charge in [0.15, 0.2) is 0 Å². The van der Waals surface area contributed by atoms with Crippen molar-refractivity contribution in [2.24, 2.45) is 5.92 Å². The van der Waals surface area contributed by atoms with Crippen LogP contribution in [0.15, 0.2) is 24.3 Å². The third-order valence-electron chi connectivity index (χ3n) is 3.48. The molecule has 0 spiro atoms. The van der Waals surface area contributed by atoms with E-state index in [0.717, 1.165) is 25.1 Å². The highest BCUT2D eigenvalue weighted by Gasteiger charge is 2.24. The molecular weight excluding hydrogens is 276 g/mol. The lowest BCUT2D eigenvalue weighted by atomic mass is 9.92. The number of hydrogen-bond donors (Lipinski definition) is 2. The van der Waals surface area contributed by atoms with Crippen molar-refractivity contribution >= 4 is 17.5 Å². The van der Waals surface area contributed by atoms with Gasteiger partial charge in [0.2, 0.25) is 5.91 Å². The van der Waals surface area contributed by atoms with Crippen molar-refractivity contribution in [1.29, 1.82) is 0 Å². The van der Waals surface area contributed by atoms with Gasteiger partial charge in [0.25, 0.3) is 0 Å². The molecule has 0 saturated carbocycles. The number of amides is 1. The van der Waals surface area contributed by atoms with Crippen LogP contribution in [0, 0.1) is 5.92 Å². The molecule has 0 unspecified atom stereocenters. The lowest BCUT2D eigenvalue weighted by Gasteiger charge is -2.27. The first-order valence-electron chi connectivity index (χ1n) is 7.04. The third kappa shape index (κ3) is 4.69. The van der Waals surface area contributed by atoms with Gasteiger partial charge < -0.3 is 15.4 Å². The van der Waals surface area contributed by atoms with E-state index in [2.05, 4.69) is 17.6 Å². The van der Waals surface area contributed by atoms with Crippen molar-refractivity contribution in [2.75, 3.05) is 19.7 Å². The smallest absolute Gasteiger partial charge is 0.223 e. The van der Waals surface area contributed by atoms with E-state index in [9.17, 15) is 4.79 Å². The van der Waals surface area contributed by atoms with Crippen LogP contribution in [-0.2, 0) is 4.79 Å². The lowest BCUT2D eigenvalue weighted by Crippen LogP contribution is -2.43. The lowest BCUT2D eigenvalue weighted by molar-refractivity contribution is -0.126. The number of ether oxygens (including phenoxy) is 1. The molecule has 2 rings (SSSR count). The molecule has 1 aliphatic heterocycles. The predicted octanol–water partition coefficient (Wildman–Crippen LogP) is 2.22. The normalized spacial score (nSPS) is 22.3. The summed E-state index contributed by atoms with van der Waals surface area (Å²) in [6.45, 7) is 4.03. The first-order chi connectivity index (χ1) is 9.65. The van der Waals surface area contributed by atoms with E-state index in [1.54, 1.807) is 12.1 Å². The van der Waals surface area contributed by atoms with Gasteiger partial charge in [-0.2, -0.15) is 0 Å². The minimum absolute atomic E-state index is 0.127. The SMILES string of the molecule is C[C@H]1C[C@@H](C(=O)NCCOc2ccc(Cl)cc2)CCN1. The minimum Gasteiger partial charge on any atom is -0.492 e. The largest absolute Gasteiger partial charge is 0.492 e. The van der Waals surface area contributed by atoms with Crippen molar-refractivity contribution in [3.8, 4) is 5.75 Å². The Kier molecular flexibility index (Phi) is 5.68. The second-order valence-electron chi connectivity index (χ2n) is 5.17. The summed E-state index contributed by atoms with van der Waals surface area (Å²) in [5.41, 5.74) is 0. The Hall–Kier alpha value is -1.26. The molecule has 110 valence electrons. The van der Waals surface area contributed by atoms with Crippen LogP contribution >= 0.6 is 11.6 Å². The average molecular weight is 297 g/mol. The molecule has 0 aromatic heterocycles. The number of carbonyl (C=O) groups is 1. The zero-order valence-corrected chi connectivity index (χ0v) is 12.5. The molecule has 1 saturated heterocycles. The van der Waals surface area contributed by atoms with Crippen LogP contribution in [0.25, 0.3) is 0 Å². The fourth-order valence-electron chi connectivity index (χ4n) is 2.39. The van der Waals surface area contributed by atoms with Crippen LogP contribution in [0.1, 0.15) is 19.8 Å². The van der Waals surface area contributed by atoms with Crippen molar-refractivity contribution in [2.45, 2.75) is 25.8 Å². The molecule has 1 aromatic rings. The zero-order valence-electron chi connectivity index (χ0n) is 11.7. The van der Waals surface area contributed by atoms with Crippen molar-refractivity contribution in [3.63, 3.8) is 0 Å². The molecule has 1 heterocycles. The third-order valence-corrected chi connectivity index (χ3v) is 3.73. The highest BCUT2D eigenvalue weighted by Crippen LogP contribution is 2.16. The van der Waals surface area contributed by atoms with Crippen LogP contribution in [0.3, 0.4) is 0 Å². The van der Waals surface area contributed by atoms with E-state index in [4.69, 9.17) is 16.3 Å². The number of piperidine rings is 1. The summed E-state index contributed by atoms with van der Waals surface area (Å²) >= 11 is 5.79. The van der Waals surface area contributed by atoms with Gasteiger partial charge in [-0.05, 0) is 50.6 Å². The molecule has 1 amide bonds. The standard InChI is InChI=1S/C15H21ClN2O2/c1-11-10-12(6-7-17-11)15(19)18-8-9-20-14-4-2-13(16)3-5-14/h2-5,11-12,17H,6-10H2,1H3,(H,18,19)/t11-,12-/m0/s1. The van der Waals surface area contributed by atoms with Gasteiger partial charge >= 0.3 is 0 Å². The molecule has 2 N–H and O–H groups in total. The average Bonchev–Trinajstić information content (AvgIpc) is 2.45. The molecule has 4 nitrogen and oxygen atoms in total. The van der Waals surface area contributed by atoms with E-state index < -0.39 is 0 Å². The van der Waals surface area contributed by atoms with Crippen molar-refractivity contribution in [1.82, 2.24) is 10.6 Å². The van der Waals surface area contributed by atoms with E-state index in [1.165, 1.54) is 0 Å². The molecule has 1 fully saturated rings. The number of carbonyl (C=O) groups excluding carboxylic acids is 1. The van der Waals surface area contributed by atoms with E-state index >= 15 is 0 Å². The maximum Gasteiger partial charge on any atom is 0.223 e. The van der Waals surface area contributed by atoms with Crippen LogP contribution in [-0.4, -0.2) is 31.6 Å². The van der Waals surface area contributed by atoms with Crippen LogP contribution in [0.5, 0.6) is 5.75 Å². The van der Waals surface area contributed by atoms with Crippen LogP contribution in [0.2, 0.25) is 5.02 Å². The topological polar surface area (TPSA) is 50.4 Å². The monoisotopic (exact) mass is 296 g/mol. The zero-order chi connectivity index (χ0) is 14.4. The summed E-state index contributed by atoms with van der Waals surface area (Å²) < 4.78 is 5.53. The maximum absolute atomic E-state index is 12.0. The Balaban J connectivity index is 1.65. The summed E-state index contributed by atoms with van der Waals surface area (Å²) in [6.07, 6.45) is 1.82. The van der Waals surface area contributed by atoms with Gasteiger partial charge in [-0.25, -0.2) is 0 Å². The quantitative estimate of drug-likeness (QED) is 0.819. The predicted molar refractivity (Wildman–Crippen MR) is 80.1 cm³/mol. The first kappa shape index (κ1) is 15.1. The molecule has 1 aliphatic rings. The van der Waals surface area contributed by atoms with Crippen molar-refractivity contribution < 1.29 is 9.53 Å². The molecule has 5 heteroatoms. The van der Waals surface area contributed by atoms with Crippen molar-refractivity contribution in [3.05, 3.63) is 29.3 Å². The van der Waals surface area contributed by atoms with E-state index in [-0.39, 0.29) is 11.8 Å². The van der Waals surface area contributed by atoms with Gasteiger partial charge in [0, 0.05) is 17.0 Å². The van der Waals surface area contributed by atoms with Gasteiger partial charge in [-0.3, -0.25) is 4.79 Å². The highest BCUT2D eigenvalue weighted by atomic mass is 35.5. The summed E-state index contributed by atoms with van der Waals surface area (Å²) in [6, 6.07) is 7.62. The van der Waals surface area contributed by atoms with Gasteiger partial charge in [-0.15, -0.1) is 0 Å². The van der Waals surface area contributed by atoms with E-state index in [1.807, 2.05) is 12.1 Å². The second kappa shape index (κ2) is 7.50. The molecule has 0 bridgehead atoms. The Morgan fingerprint density at radius 1 is 1.45 bits per heavy atom. The molecular formula is C15H21ClN2O2. The second-order valence-corrected chi connectivity index (χ2v) is 5.61. The van der Waals surface area contributed by atoms with Gasteiger partial charge in [-0.1, -0.05) is 11.6 Å². The number of nitrogens with one attached hydrogen (secondary N) is 2. The van der Waals surface area contributed by atoms with E-state index in [0.29, 0.717) is 24.2 Å². The Morgan fingerprint density at radius 2 is 2.20 bits per heavy atom. The van der Waals surface area contributed by atoms with Gasteiger partial charge in [0.05, 0.1) is 6.54 Å². The Morgan fingerprint density at radius 3 is 2.90 bits per heavy atom. The molecule has 1 aromatic carbocycles.